The van der Waals surface area contributed by atoms with Gasteiger partial charge in [0, 0.05) is 36.6 Å². The number of rotatable bonds is 4. The van der Waals surface area contributed by atoms with E-state index in [-0.39, 0.29) is 5.91 Å². The molecule has 2 aromatic rings. The number of amides is 1. The summed E-state index contributed by atoms with van der Waals surface area (Å²) in [5.74, 6) is 0.693. The third-order valence-electron chi connectivity index (χ3n) is 4.11. The van der Waals surface area contributed by atoms with Gasteiger partial charge in [0.2, 0.25) is 0 Å². The molecule has 2 N–H and O–H groups in total. The molecule has 23 heavy (non-hydrogen) atoms. The molecule has 0 aliphatic carbocycles. The van der Waals surface area contributed by atoms with Crippen LogP contribution >= 0.6 is 0 Å². The highest BCUT2D eigenvalue weighted by Gasteiger charge is 2.38. The van der Waals surface area contributed by atoms with Crippen molar-refractivity contribution in [3.63, 3.8) is 0 Å². The van der Waals surface area contributed by atoms with Crippen LogP contribution in [0.5, 0.6) is 0 Å². The highest BCUT2D eigenvalue weighted by molar-refractivity contribution is 5.95. The lowest BCUT2D eigenvalue weighted by Crippen LogP contribution is -2.43. The molecule has 1 fully saturated rings. The minimum atomic E-state index is -0.822. The van der Waals surface area contributed by atoms with E-state index < -0.39 is 5.60 Å². The maximum atomic E-state index is 12.7. The number of nitrogens with one attached hydrogen (secondary N) is 1. The van der Waals surface area contributed by atoms with Crippen LogP contribution in [-0.2, 0) is 0 Å². The van der Waals surface area contributed by atoms with Crippen LogP contribution in [0.4, 0.5) is 0 Å². The molecule has 122 valence electrons. The van der Waals surface area contributed by atoms with Gasteiger partial charge in [-0.3, -0.25) is 4.79 Å². The zero-order valence-electron chi connectivity index (χ0n) is 13.5. The zero-order valence-corrected chi connectivity index (χ0v) is 13.5. The van der Waals surface area contributed by atoms with E-state index in [1.54, 1.807) is 23.4 Å². The molecule has 1 saturated heterocycles. The summed E-state index contributed by atoms with van der Waals surface area (Å²) in [5, 5.41) is 10.6. The van der Waals surface area contributed by atoms with E-state index >= 15 is 0 Å². The molecule has 0 radical (unpaired) electrons. The first-order valence-corrected chi connectivity index (χ1v) is 7.73. The number of carbonyl (C=O) groups is 1. The van der Waals surface area contributed by atoms with Crippen molar-refractivity contribution in [3.05, 3.63) is 42.2 Å². The second-order valence-electron chi connectivity index (χ2n) is 6.46. The van der Waals surface area contributed by atoms with Crippen molar-refractivity contribution in [1.29, 1.82) is 0 Å². The van der Waals surface area contributed by atoms with Crippen LogP contribution in [-0.4, -0.2) is 70.1 Å². The fourth-order valence-electron chi connectivity index (χ4n) is 3.15. The van der Waals surface area contributed by atoms with Crippen LogP contribution in [0.3, 0.4) is 0 Å². The van der Waals surface area contributed by atoms with Gasteiger partial charge in [-0.05, 0) is 32.6 Å². The van der Waals surface area contributed by atoms with Gasteiger partial charge in [-0.25, -0.2) is 4.98 Å². The van der Waals surface area contributed by atoms with Crippen LogP contribution in [0.25, 0.3) is 11.4 Å². The van der Waals surface area contributed by atoms with Gasteiger partial charge in [0.15, 0.2) is 0 Å². The summed E-state index contributed by atoms with van der Waals surface area (Å²) in [6.07, 6.45) is 4.05. The Morgan fingerprint density at radius 3 is 3.00 bits per heavy atom. The maximum absolute atomic E-state index is 12.7. The van der Waals surface area contributed by atoms with Crippen LogP contribution < -0.4 is 0 Å². The minimum Gasteiger partial charge on any atom is -0.387 e. The van der Waals surface area contributed by atoms with E-state index in [0.29, 0.717) is 31.6 Å². The van der Waals surface area contributed by atoms with Crippen molar-refractivity contribution in [2.45, 2.75) is 12.0 Å². The fraction of sp³-hybridized carbons (Fsp3) is 0.412. The van der Waals surface area contributed by atoms with Gasteiger partial charge in [-0.15, -0.1) is 0 Å². The summed E-state index contributed by atoms with van der Waals surface area (Å²) < 4.78 is 0. The van der Waals surface area contributed by atoms with Gasteiger partial charge in [0.25, 0.3) is 5.91 Å². The molecule has 6 heteroatoms. The van der Waals surface area contributed by atoms with Crippen molar-refractivity contribution >= 4 is 5.91 Å². The van der Waals surface area contributed by atoms with E-state index in [2.05, 4.69) is 9.97 Å². The second-order valence-corrected chi connectivity index (χ2v) is 6.46. The molecular formula is C17H22N4O2. The summed E-state index contributed by atoms with van der Waals surface area (Å²) in [7, 11) is 3.85. The van der Waals surface area contributed by atoms with Gasteiger partial charge < -0.3 is 19.9 Å². The van der Waals surface area contributed by atoms with E-state index in [9.17, 15) is 9.90 Å². The summed E-state index contributed by atoms with van der Waals surface area (Å²) in [6, 6.07) is 7.41. The lowest BCUT2D eigenvalue weighted by atomic mass is 10.0. The van der Waals surface area contributed by atoms with E-state index in [4.69, 9.17) is 0 Å². The number of aliphatic hydroxyl groups is 1. The van der Waals surface area contributed by atoms with Crippen molar-refractivity contribution in [2.24, 2.45) is 0 Å². The highest BCUT2D eigenvalue weighted by Crippen LogP contribution is 2.24. The number of carbonyl (C=O) groups excluding carboxylic acids is 1. The number of likely N-dealkylation sites (tertiary alicyclic amines) is 1. The number of benzene rings is 1. The molecule has 2 heterocycles. The molecule has 1 atom stereocenters. The van der Waals surface area contributed by atoms with Gasteiger partial charge in [-0.1, -0.05) is 12.1 Å². The van der Waals surface area contributed by atoms with Crippen molar-refractivity contribution in [1.82, 2.24) is 19.8 Å². The van der Waals surface area contributed by atoms with Gasteiger partial charge in [0.1, 0.15) is 5.82 Å². The Labute approximate surface area is 135 Å². The Hall–Kier alpha value is -2.18. The zero-order chi connectivity index (χ0) is 16.4. The molecule has 1 aliphatic heterocycles. The number of hydrogen-bond donors (Lipinski definition) is 2. The van der Waals surface area contributed by atoms with E-state index in [1.165, 1.54) is 0 Å². The Morgan fingerprint density at radius 2 is 2.30 bits per heavy atom. The number of imidazole rings is 1. The number of H-pyrrole nitrogens is 1. The van der Waals surface area contributed by atoms with Crippen LogP contribution in [0.1, 0.15) is 16.8 Å². The largest absolute Gasteiger partial charge is 0.387 e. The number of nitrogens with zero attached hydrogens (tertiary/aromatic N) is 3. The number of hydrogen-bond acceptors (Lipinski definition) is 4. The maximum Gasteiger partial charge on any atom is 0.253 e. The van der Waals surface area contributed by atoms with Crippen LogP contribution in [0.2, 0.25) is 0 Å². The van der Waals surface area contributed by atoms with E-state index in [1.807, 2.05) is 37.2 Å². The molecule has 1 aromatic heterocycles. The fourth-order valence-corrected chi connectivity index (χ4v) is 3.15. The molecular weight excluding hydrogens is 292 g/mol. The first-order valence-electron chi connectivity index (χ1n) is 7.73. The average molecular weight is 314 g/mol. The smallest absolute Gasteiger partial charge is 0.253 e. The number of aromatic amines is 1. The number of β-amino-alcohol motifs (C(OH)–C–C–N with tert-alkyl or cyclic N) is 1. The Morgan fingerprint density at radius 1 is 1.48 bits per heavy atom. The van der Waals surface area contributed by atoms with Crippen molar-refractivity contribution in [2.75, 3.05) is 33.7 Å². The first kappa shape index (κ1) is 15.7. The van der Waals surface area contributed by atoms with Crippen LogP contribution in [0.15, 0.2) is 36.7 Å². The first-order chi connectivity index (χ1) is 11.0. The summed E-state index contributed by atoms with van der Waals surface area (Å²) in [5.41, 5.74) is 0.675. The molecule has 0 saturated carbocycles. The normalized spacial score (nSPS) is 21.1. The van der Waals surface area contributed by atoms with Gasteiger partial charge in [-0.2, -0.15) is 0 Å². The minimum absolute atomic E-state index is 0.0481. The summed E-state index contributed by atoms with van der Waals surface area (Å²) >= 11 is 0. The number of likely N-dealkylation sites (N-methyl/N-ethyl adjacent to an activating group) is 1. The second kappa shape index (κ2) is 6.14. The molecule has 1 aliphatic rings. The Kier molecular flexibility index (Phi) is 4.19. The topological polar surface area (TPSA) is 72.5 Å². The Balaban J connectivity index is 1.75. The molecule has 6 nitrogen and oxygen atoms in total. The molecule has 1 amide bonds. The van der Waals surface area contributed by atoms with Crippen molar-refractivity contribution < 1.29 is 9.90 Å². The SMILES string of the molecule is CN(C)CC1(O)CCN(C(=O)c2cccc(-c3ncc[nH]3)c2)C1. The Bertz CT molecular complexity index is 684. The molecule has 1 unspecified atom stereocenters. The van der Waals surface area contributed by atoms with Crippen molar-refractivity contribution in [3.8, 4) is 11.4 Å². The summed E-state index contributed by atoms with van der Waals surface area (Å²) in [6.45, 7) is 1.51. The van der Waals surface area contributed by atoms with Crippen LogP contribution in [0, 0.1) is 0 Å². The lowest BCUT2D eigenvalue weighted by molar-refractivity contribution is 0.0236. The highest BCUT2D eigenvalue weighted by atomic mass is 16.3. The predicted octanol–water partition coefficient (Wildman–Crippen LogP) is 1.22. The average Bonchev–Trinajstić information content (AvgIpc) is 3.16. The monoisotopic (exact) mass is 314 g/mol. The quantitative estimate of drug-likeness (QED) is 0.890. The number of aromatic nitrogens is 2. The molecule has 0 spiro atoms. The predicted molar refractivity (Wildman–Crippen MR) is 88.0 cm³/mol. The summed E-state index contributed by atoms with van der Waals surface area (Å²) in [4.78, 5) is 23.6. The third kappa shape index (κ3) is 3.43. The molecule has 0 bridgehead atoms. The third-order valence-corrected chi connectivity index (χ3v) is 4.11. The molecule has 1 aromatic carbocycles. The van der Waals surface area contributed by atoms with Gasteiger partial charge >= 0.3 is 0 Å². The van der Waals surface area contributed by atoms with E-state index in [0.717, 1.165) is 11.4 Å². The molecule has 3 rings (SSSR count). The van der Waals surface area contributed by atoms with Gasteiger partial charge in [0.05, 0.1) is 12.1 Å². The lowest BCUT2D eigenvalue weighted by Gasteiger charge is -2.26. The standard InChI is InChI=1S/C17H22N4O2/c1-20(2)11-17(23)6-9-21(12-17)16(22)14-5-3-4-13(10-14)15-18-7-8-19-15/h3-5,7-8,10,23H,6,9,11-12H2,1-2H3,(H,18,19).